The smallest absolute Gasteiger partial charge is 0.340 e. The Kier molecular flexibility index (Phi) is 6.20. The van der Waals surface area contributed by atoms with E-state index >= 15 is 0 Å². The van der Waals surface area contributed by atoms with Crippen molar-refractivity contribution in [2.45, 2.75) is 6.43 Å². The molecular formula is C21H23F2N7O4. The van der Waals surface area contributed by atoms with Crippen LogP contribution in [0.5, 0.6) is 0 Å². The summed E-state index contributed by atoms with van der Waals surface area (Å²) in [7, 11) is 1.22. The second-order valence-corrected chi connectivity index (χ2v) is 7.71. The summed E-state index contributed by atoms with van der Waals surface area (Å²) in [4.78, 5) is 33.9. The number of anilines is 2. The first-order valence-electron chi connectivity index (χ1n) is 10.9. The molecule has 4 heterocycles. The van der Waals surface area contributed by atoms with Crippen LogP contribution in [0.4, 0.5) is 20.7 Å². The number of esters is 1. The van der Waals surface area contributed by atoms with Crippen molar-refractivity contribution in [1.29, 1.82) is 0 Å². The summed E-state index contributed by atoms with van der Waals surface area (Å²) in [6.07, 6.45) is -2.94. The lowest BCUT2D eigenvalue weighted by molar-refractivity contribution is 0.0602. The summed E-state index contributed by atoms with van der Waals surface area (Å²) in [5, 5.41) is 0. The number of nitrogens with zero attached hydrogens (tertiary/aromatic N) is 7. The Morgan fingerprint density at radius 1 is 0.912 bits per heavy atom. The van der Waals surface area contributed by atoms with E-state index < -0.39 is 18.2 Å². The van der Waals surface area contributed by atoms with Crippen molar-refractivity contribution in [2.75, 3.05) is 69.5 Å². The molecule has 2 aliphatic heterocycles. The molecule has 0 atom stereocenters. The van der Waals surface area contributed by atoms with Crippen molar-refractivity contribution in [2.24, 2.45) is 0 Å². The Bertz CT molecular complexity index is 1160. The van der Waals surface area contributed by atoms with Gasteiger partial charge in [-0.15, -0.1) is 0 Å². The van der Waals surface area contributed by atoms with Gasteiger partial charge in [0.25, 0.3) is 6.43 Å². The number of benzene rings is 1. The number of hydrogen-bond acceptors (Lipinski definition) is 10. The molecule has 11 nitrogen and oxygen atoms in total. The zero-order chi connectivity index (χ0) is 23.7. The average molecular weight is 475 g/mol. The summed E-state index contributed by atoms with van der Waals surface area (Å²) in [5.74, 6) is -0.520. The zero-order valence-electron chi connectivity index (χ0n) is 18.5. The molecule has 0 amide bonds. The van der Waals surface area contributed by atoms with Crippen molar-refractivity contribution >= 4 is 28.9 Å². The van der Waals surface area contributed by atoms with Gasteiger partial charge in [0.2, 0.25) is 17.8 Å². The molecule has 0 saturated carbocycles. The topological polar surface area (TPSA) is 108 Å². The number of rotatable bonds is 5. The van der Waals surface area contributed by atoms with Crippen molar-refractivity contribution in [1.82, 2.24) is 24.5 Å². The molecule has 2 saturated heterocycles. The number of carbonyl (C=O) groups is 1. The van der Waals surface area contributed by atoms with E-state index in [0.29, 0.717) is 64.5 Å². The highest BCUT2D eigenvalue weighted by atomic mass is 19.3. The molecule has 0 unspecified atom stereocenters. The molecular weight excluding hydrogens is 452 g/mol. The second kappa shape index (κ2) is 9.43. The van der Waals surface area contributed by atoms with Gasteiger partial charge in [0.1, 0.15) is 5.52 Å². The number of ether oxygens (including phenoxy) is 3. The predicted molar refractivity (Wildman–Crippen MR) is 117 cm³/mol. The van der Waals surface area contributed by atoms with E-state index in [0.717, 1.165) is 0 Å². The van der Waals surface area contributed by atoms with Gasteiger partial charge in [0.05, 0.1) is 44.6 Å². The summed E-state index contributed by atoms with van der Waals surface area (Å²) < 4.78 is 45.1. The fourth-order valence-electron chi connectivity index (χ4n) is 4.00. The van der Waals surface area contributed by atoms with Crippen LogP contribution >= 0.6 is 0 Å². The normalized spacial score (nSPS) is 16.9. The lowest BCUT2D eigenvalue weighted by atomic mass is 10.2. The number of halogens is 2. The minimum atomic E-state index is -2.94. The fraction of sp³-hybridized carbons (Fsp3) is 0.476. The highest BCUT2D eigenvalue weighted by molar-refractivity contribution is 6.02. The molecule has 2 aromatic heterocycles. The largest absolute Gasteiger partial charge is 0.465 e. The molecule has 0 N–H and O–H groups in total. The number of hydrogen-bond donors (Lipinski definition) is 0. The summed E-state index contributed by atoms with van der Waals surface area (Å²) in [5.41, 5.74) is 0.438. The zero-order valence-corrected chi connectivity index (χ0v) is 18.5. The fourth-order valence-corrected chi connectivity index (χ4v) is 4.00. The number of alkyl halides is 2. The quantitative estimate of drug-likeness (QED) is 0.505. The third-order valence-corrected chi connectivity index (χ3v) is 5.70. The van der Waals surface area contributed by atoms with Crippen LogP contribution in [0.3, 0.4) is 0 Å². The Labute approximate surface area is 193 Å². The Hall–Kier alpha value is -3.45. The molecule has 2 aliphatic rings. The van der Waals surface area contributed by atoms with E-state index in [1.165, 1.54) is 17.7 Å². The van der Waals surface area contributed by atoms with Crippen LogP contribution < -0.4 is 9.80 Å². The molecule has 180 valence electrons. The lowest BCUT2D eigenvalue weighted by Gasteiger charge is -2.30. The van der Waals surface area contributed by atoms with Crippen molar-refractivity contribution in [3.63, 3.8) is 0 Å². The van der Waals surface area contributed by atoms with Crippen molar-refractivity contribution in [3.05, 3.63) is 29.6 Å². The Morgan fingerprint density at radius 2 is 1.47 bits per heavy atom. The minimum Gasteiger partial charge on any atom is -0.465 e. The molecule has 2 fully saturated rings. The lowest BCUT2D eigenvalue weighted by Crippen LogP contribution is -2.40. The maximum absolute atomic E-state index is 14.2. The highest BCUT2D eigenvalue weighted by Gasteiger charge is 2.27. The van der Waals surface area contributed by atoms with Gasteiger partial charge in [-0.3, -0.25) is 4.57 Å². The number of morpholine rings is 2. The van der Waals surface area contributed by atoms with Crippen LogP contribution in [0.15, 0.2) is 18.2 Å². The van der Waals surface area contributed by atoms with Crippen molar-refractivity contribution in [3.8, 4) is 5.95 Å². The van der Waals surface area contributed by atoms with Gasteiger partial charge in [-0.1, -0.05) is 6.07 Å². The second-order valence-electron chi connectivity index (χ2n) is 7.71. The van der Waals surface area contributed by atoms with Crippen LogP contribution in [0, 0.1) is 0 Å². The first-order chi connectivity index (χ1) is 16.6. The van der Waals surface area contributed by atoms with E-state index in [1.54, 1.807) is 12.1 Å². The molecule has 34 heavy (non-hydrogen) atoms. The summed E-state index contributed by atoms with van der Waals surface area (Å²) >= 11 is 0. The number of methoxy groups -OCH3 is 1. The van der Waals surface area contributed by atoms with Crippen LogP contribution in [-0.4, -0.2) is 90.2 Å². The van der Waals surface area contributed by atoms with Gasteiger partial charge in [-0.2, -0.15) is 15.0 Å². The van der Waals surface area contributed by atoms with Gasteiger partial charge in [-0.25, -0.2) is 18.6 Å². The molecule has 5 rings (SSSR count). The first kappa shape index (κ1) is 22.3. The number of aromatic nitrogens is 5. The number of imidazole rings is 1. The van der Waals surface area contributed by atoms with Gasteiger partial charge in [0, 0.05) is 26.2 Å². The summed E-state index contributed by atoms with van der Waals surface area (Å²) in [6, 6.07) is 4.65. The molecule has 0 aliphatic carbocycles. The molecule has 3 aromatic rings. The van der Waals surface area contributed by atoms with Gasteiger partial charge < -0.3 is 24.0 Å². The third-order valence-electron chi connectivity index (χ3n) is 5.70. The van der Waals surface area contributed by atoms with Crippen LogP contribution in [0.25, 0.3) is 17.0 Å². The SMILES string of the molecule is COC(=O)c1cccc2c1nc(C(F)F)n2-c1nc(N2CCOCC2)nc(N2CCOCC2)n1. The monoisotopic (exact) mass is 475 g/mol. The van der Waals surface area contributed by atoms with E-state index in [-0.39, 0.29) is 22.5 Å². The van der Waals surface area contributed by atoms with E-state index in [1.807, 2.05) is 9.80 Å². The number of para-hydroxylation sites is 1. The third kappa shape index (κ3) is 4.12. The average Bonchev–Trinajstić information content (AvgIpc) is 3.29. The van der Waals surface area contributed by atoms with Crippen LogP contribution in [0.1, 0.15) is 22.6 Å². The van der Waals surface area contributed by atoms with Gasteiger partial charge >= 0.3 is 5.97 Å². The van der Waals surface area contributed by atoms with Gasteiger partial charge in [0.15, 0.2) is 5.82 Å². The highest BCUT2D eigenvalue weighted by Crippen LogP contribution is 2.30. The molecule has 0 radical (unpaired) electrons. The Morgan fingerprint density at radius 3 is 2.00 bits per heavy atom. The number of carbonyl (C=O) groups excluding carboxylic acids is 1. The van der Waals surface area contributed by atoms with Crippen LogP contribution in [-0.2, 0) is 14.2 Å². The predicted octanol–water partition coefficient (Wildman–Crippen LogP) is 1.61. The molecule has 1 aromatic carbocycles. The molecule has 0 spiro atoms. The van der Waals surface area contributed by atoms with E-state index in [9.17, 15) is 13.6 Å². The molecule has 0 bridgehead atoms. The van der Waals surface area contributed by atoms with Crippen LogP contribution in [0.2, 0.25) is 0 Å². The van der Waals surface area contributed by atoms with E-state index in [2.05, 4.69) is 19.9 Å². The first-order valence-corrected chi connectivity index (χ1v) is 10.9. The number of fused-ring (bicyclic) bond motifs is 1. The van der Waals surface area contributed by atoms with Gasteiger partial charge in [-0.05, 0) is 12.1 Å². The minimum absolute atomic E-state index is 0.00204. The summed E-state index contributed by atoms with van der Waals surface area (Å²) in [6.45, 7) is 4.27. The van der Waals surface area contributed by atoms with E-state index in [4.69, 9.17) is 14.2 Å². The van der Waals surface area contributed by atoms with Crippen molar-refractivity contribution < 1.29 is 27.8 Å². The standard InChI is InChI=1S/C21H23F2N7O4/c1-32-18(31)13-3-2-4-14-15(13)24-17(16(22)23)30(14)21-26-19(28-5-9-33-10-6-28)25-20(27-21)29-7-11-34-12-8-29/h2-4,16H,5-12H2,1H3. The Balaban J connectivity index is 1.71. The molecule has 13 heteroatoms. The maximum atomic E-state index is 14.2. The maximum Gasteiger partial charge on any atom is 0.340 e.